The molecule has 1 aliphatic rings. The lowest BCUT2D eigenvalue weighted by atomic mass is 10.0. The van der Waals surface area contributed by atoms with Gasteiger partial charge in [-0.25, -0.2) is 4.98 Å². The first kappa shape index (κ1) is 22.9. The highest BCUT2D eigenvalue weighted by molar-refractivity contribution is 7.09. The number of thiazole rings is 1. The Kier molecular flexibility index (Phi) is 7.70. The highest BCUT2D eigenvalue weighted by Crippen LogP contribution is 2.17. The molecular weight excluding hydrogens is 436 g/mol. The van der Waals surface area contributed by atoms with Gasteiger partial charge in [-0.05, 0) is 56.2 Å². The van der Waals surface area contributed by atoms with Crippen molar-refractivity contribution in [2.45, 2.75) is 32.4 Å². The molecule has 172 valence electrons. The van der Waals surface area contributed by atoms with Crippen molar-refractivity contribution >= 4 is 28.8 Å². The summed E-state index contributed by atoms with van der Waals surface area (Å²) in [5, 5.41) is 9.03. The number of amides is 2. The van der Waals surface area contributed by atoms with Gasteiger partial charge in [0.25, 0.3) is 5.91 Å². The van der Waals surface area contributed by atoms with E-state index in [1.807, 2.05) is 54.8 Å². The minimum Gasteiger partial charge on any atom is -0.487 e. The number of carbonyl (C=O) groups excluding carboxylic acids is 2. The summed E-state index contributed by atoms with van der Waals surface area (Å²) in [5.74, 6) is 0.604. The van der Waals surface area contributed by atoms with E-state index in [1.165, 1.54) is 0 Å². The topological polar surface area (TPSA) is 83.6 Å². The molecule has 3 aromatic rings. The first-order valence-corrected chi connectivity index (χ1v) is 11.9. The second-order valence-corrected chi connectivity index (χ2v) is 9.17. The van der Waals surface area contributed by atoms with Gasteiger partial charge in [0, 0.05) is 35.8 Å². The third-order valence-corrected chi connectivity index (χ3v) is 6.34. The lowest BCUT2D eigenvalue weighted by Gasteiger charge is -2.31. The summed E-state index contributed by atoms with van der Waals surface area (Å²) in [6, 6.07) is 16.7. The van der Waals surface area contributed by atoms with E-state index in [0.717, 1.165) is 42.3 Å². The summed E-state index contributed by atoms with van der Waals surface area (Å²) in [5.41, 5.74) is 2.32. The van der Waals surface area contributed by atoms with Crippen LogP contribution in [0.15, 0.2) is 60.0 Å². The Morgan fingerprint density at radius 3 is 2.48 bits per heavy atom. The van der Waals surface area contributed by atoms with E-state index in [2.05, 4.69) is 20.5 Å². The number of anilines is 1. The number of aromatic nitrogens is 1. The fourth-order valence-electron chi connectivity index (χ4n) is 3.76. The van der Waals surface area contributed by atoms with Crippen molar-refractivity contribution in [2.75, 3.05) is 25.0 Å². The number of benzene rings is 2. The number of ether oxygens (including phenoxy) is 1. The van der Waals surface area contributed by atoms with E-state index >= 15 is 0 Å². The average molecular weight is 465 g/mol. The van der Waals surface area contributed by atoms with Gasteiger partial charge in [-0.3, -0.25) is 14.5 Å². The molecule has 0 aliphatic carbocycles. The van der Waals surface area contributed by atoms with Crippen molar-refractivity contribution in [1.29, 1.82) is 0 Å². The van der Waals surface area contributed by atoms with Crippen LogP contribution in [0.1, 0.15) is 33.9 Å². The van der Waals surface area contributed by atoms with Crippen LogP contribution in [0.2, 0.25) is 0 Å². The fourth-order valence-corrected chi connectivity index (χ4v) is 4.36. The summed E-state index contributed by atoms with van der Waals surface area (Å²) < 4.78 is 5.75. The molecule has 0 atom stereocenters. The SMILES string of the molecule is Cc1nc(COc2ccc(C(=O)NC3CCN(CC(=O)Nc4ccccc4)CC3)cc2)cs1. The van der Waals surface area contributed by atoms with Crippen LogP contribution in [0.5, 0.6) is 5.75 Å². The van der Waals surface area contributed by atoms with Crippen LogP contribution < -0.4 is 15.4 Å². The Balaban J connectivity index is 1.18. The third-order valence-electron chi connectivity index (χ3n) is 5.52. The van der Waals surface area contributed by atoms with Gasteiger partial charge >= 0.3 is 0 Å². The van der Waals surface area contributed by atoms with Crippen molar-refractivity contribution in [3.05, 3.63) is 76.2 Å². The minimum atomic E-state index is -0.0862. The Morgan fingerprint density at radius 1 is 1.09 bits per heavy atom. The number of likely N-dealkylation sites (tertiary alicyclic amines) is 1. The van der Waals surface area contributed by atoms with Gasteiger partial charge in [0.15, 0.2) is 0 Å². The summed E-state index contributed by atoms with van der Waals surface area (Å²) >= 11 is 1.60. The van der Waals surface area contributed by atoms with Crippen molar-refractivity contribution in [3.8, 4) is 5.75 Å². The molecule has 1 fully saturated rings. The molecule has 0 unspecified atom stereocenters. The number of rotatable bonds is 8. The first-order valence-electron chi connectivity index (χ1n) is 11.1. The average Bonchev–Trinajstić information content (AvgIpc) is 3.25. The van der Waals surface area contributed by atoms with E-state index < -0.39 is 0 Å². The quantitative estimate of drug-likeness (QED) is 0.529. The molecular formula is C25H28N4O3S. The molecule has 2 heterocycles. The molecule has 0 saturated carbocycles. The fraction of sp³-hybridized carbons (Fsp3) is 0.320. The van der Waals surface area contributed by atoms with Gasteiger partial charge in [0.1, 0.15) is 12.4 Å². The number of carbonyl (C=O) groups is 2. The highest BCUT2D eigenvalue weighted by Gasteiger charge is 2.22. The number of nitrogens with zero attached hydrogens (tertiary/aromatic N) is 2. The number of hydrogen-bond donors (Lipinski definition) is 2. The zero-order chi connectivity index (χ0) is 23.0. The minimum absolute atomic E-state index is 0.0177. The molecule has 1 saturated heterocycles. The summed E-state index contributed by atoms with van der Waals surface area (Å²) in [4.78, 5) is 31.4. The number of hydrogen-bond acceptors (Lipinski definition) is 6. The van der Waals surface area contributed by atoms with Gasteiger partial charge in [-0.2, -0.15) is 0 Å². The van der Waals surface area contributed by atoms with Gasteiger partial charge in [0.05, 0.1) is 17.2 Å². The van der Waals surface area contributed by atoms with Crippen LogP contribution >= 0.6 is 11.3 Å². The van der Waals surface area contributed by atoms with Gasteiger partial charge in [-0.1, -0.05) is 18.2 Å². The van der Waals surface area contributed by atoms with Crippen LogP contribution in [-0.2, 0) is 11.4 Å². The van der Waals surface area contributed by atoms with E-state index in [0.29, 0.717) is 24.5 Å². The van der Waals surface area contributed by atoms with E-state index in [1.54, 1.807) is 23.5 Å². The highest BCUT2D eigenvalue weighted by atomic mass is 32.1. The third kappa shape index (κ3) is 6.87. The van der Waals surface area contributed by atoms with Crippen LogP contribution in [-0.4, -0.2) is 47.4 Å². The number of para-hydroxylation sites is 1. The standard InChI is InChI=1S/C25H28N4O3S/c1-18-26-22(17-33-18)16-32-23-9-7-19(8-10-23)25(31)28-21-11-13-29(14-12-21)15-24(30)27-20-5-3-2-4-6-20/h2-10,17,21H,11-16H2,1H3,(H,27,30)(H,28,31). The lowest BCUT2D eigenvalue weighted by Crippen LogP contribution is -2.46. The van der Waals surface area contributed by atoms with Crippen LogP contribution in [0.4, 0.5) is 5.69 Å². The Labute approximate surface area is 197 Å². The van der Waals surface area contributed by atoms with Crippen molar-refractivity contribution in [3.63, 3.8) is 0 Å². The van der Waals surface area contributed by atoms with E-state index in [4.69, 9.17) is 4.74 Å². The molecule has 8 heteroatoms. The second kappa shape index (κ2) is 11.1. The number of nitrogens with one attached hydrogen (secondary N) is 2. The Morgan fingerprint density at radius 2 is 1.82 bits per heavy atom. The predicted molar refractivity (Wildman–Crippen MR) is 130 cm³/mol. The maximum Gasteiger partial charge on any atom is 0.251 e. The maximum atomic E-state index is 12.6. The monoisotopic (exact) mass is 464 g/mol. The molecule has 33 heavy (non-hydrogen) atoms. The molecule has 0 spiro atoms. The van der Waals surface area contributed by atoms with E-state index in [-0.39, 0.29) is 17.9 Å². The van der Waals surface area contributed by atoms with Crippen molar-refractivity contribution < 1.29 is 14.3 Å². The number of piperidine rings is 1. The van der Waals surface area contributed by atoms with Gasteiger partial charge < -0.3 is 15.4 Å². The van der Waals surface area contributed by atoms with E-state index in [9.17, 15) is 9.59 Å². The molecule has 0 bridgehead atoms. The molecule has 2 N–H and O–H groups in total. The van der Waals surface area contributed by atoms with Crippen molar-refractivity contribution in [1.82, 2.24) is 15.2 Å². The van der Waals surface area contributed by atoms with Gasteiger partial charge in [-0.15, -0.1) is 11.3 Å². The smallest absolute Gasteiger partial charge is 0.251 e. The molecule has 4 rings (SSSR count). The predicted octanol–water partition coefficient (Wildman–Crippen LogP) is 3.86. The van der Waals surface area contributed by atoms with Crippen LogP contribution in [0.3, 0.4) is 0 Å². The Hall–Kier alpha value is -3.23. The second-order valence-electron chi connectivity index (χ2n) is 8.11. The van der Waals surface area contributed by atoms with Crippen LogP contribution in [0.25, 0.3) is 0 Å². The Bertz CT molecular complexity index is 1060. The summed E-state index contributed by atoms with van der Waals surface area (Å²) in [6.45, 7) is 4.29. The first-order chi connectivity index (χ1) is 16.0. The lowest BCUT2D eigenvalue weighted by molar-refractivity contribution is -0.117. The summed E-state index contributed by atoms with van der Waals surface area (Å²) in [6.07, 6.45) is 1.64. The van der Waals surface area contributed by atoms with Crippen LogP contribution in [0, 0.1) is 6.92 Å². The molecule has 2 aromatic carbocycles. The normalized spacial score (nSPS) is 14.6. The molecule has 1 aliphatic heterocycles. The van der Waals surface area contributed by atoms with Gasteiger partial charge in [0.2, 0.25) is 5.91 Å². The maximum absolute atomic E-state index is 12.6. The summed E-state index contributed by atoms with van der Waals surface area (Å²) in [7, 11) is 0. The van der Waals surface area contributed by atoms with Crippen molar-refractivity contribution in [2.24, 2.45) is 0 Å². The molecule has 2 amide bonds. The zero-order valence-corrected chi connectivity index (χ0v) is 19.4. The molecule has 7 nitrogen and oxygen atoms in total. The zero-order valence-electron chi connectivity index (χ0n) is 18.6. The largest absolute Gasteiger partial charge is 0.487 e. The molecule has 0 radical (unpaired) electrons. The molecule has 1 aromatic heterocycles. The number of aryl methyl sites for hydroxylation is 1.